The summed E-state index contributed by atoms with van der Waals surface area (Å²) in [5.41, 5.74) is 1.68. The third-order valence-electron chi connectivity index (χ3n) is 9.09. The maximum Gasteiger partial charge on any atom is 0.166 e. The van der Waals surface area contributed by atoms with Crippen molar-refractivity contribution in [3.8, 4) is 11.5 Å². The Hall–Kier alpha value is -6.12. The molecule has 0 bridgehead atoms. The number of hydrogen-bond acceptors (Lipinski definition) is 8. The van der Waals surface area contributed by atoms with Gasteiger partial charge in [0.2, 0.25) is 0 Å². The molecule has 0 aliphatic rings. The van der Waals surface area contributed by atoms with Crippen LogP contribution >= 0.6 is 0 Å². The van der Waals surface area contributed by atoms with E-state index in [9.17, 15) is 31.0 Å². The number of aryl methyl sites for hydroxylation is 2. The van der Waals surface area contributed by atoms with Crippen LogP contribution in [0.25, 0.3) is 0 Å². The van der Waals surface area contributed by atoms with Crippen molar-refractivity contribution in [2.45, 2.75) is 79.4 Å². The zero-order valence-electron chi connectivity index (χ0n) is 37.2. The first-order chi connectivity index (χ1) is 31.4. The molecule has 8 aromatic rings. The monoisotopic (exact) mass is 956 g/mol. The number of phenolic OH excluding ortho intramolecular Hbond substituents is 1. The summed E-state index contributed by atoms with van der Waals surface area (Å²) in [6.07, 6.45) is 0. The minimum absolute atomic E-state index is 0.102. The molecule has 0 saturated heterocycles. The predicted molar refractivity (Wildman–Crippen MR) is 263 cm³/mol. The van der Waals surface area contributed by atoms with Crippen LogP contribution in [0.5, 0.6) is 11.5 Å². The third kappa shape index (κ3) is 16.4. The van der Waals surface area contributed by atoms with Gasteiger partial charge in [0.05, 0.1) is 31.6 Å². The molecule has 0 aromatic heterocycles. The van der Waals surface area contributed by atoms with E-state index in [1.54, 1.807) is 36.4 Å². The fourth-order valence-corrected chi connectivity index (χ4v) is 11.1. The molecule has 0 heterocycles. The van der Waals surface area contributed by atoms with Crippen molar-refractivity contribution < 1.29 is 35.8 Å². The minimum atomic E-state index is -4.27. The van der Waals surface area contributed by atoms with Crippen molar-refractivity contribution in [2.24, 2.45) is 0 Å². The highest BCUT2D eigenvalue weighted by molar-refractivity contribution is 7.97. The maximum atomic E-state index is 10.4. The molecule has 0 radical (unpaired) electrons. The lowest BCUT2D eigenvalue weighted by Crippen LogP contribution is -2.22. The van der Waals surface area contributed by atoms with Crippen LogP contribution in [0.15, 0.2) is 258 Å². The van der Waals surface area contributed by atoms with Gasteiger partial charge in [-0.3, -0.25) is 0 Å². The number of benzene rings is 8. The topological polar surface area (TPSA) is 144 Å². The average Bonchev–Trinajstić information content (AvgIpc) is 3.29. The Labute approximate surface area is 395 Å². The van der Waals surface area contributed by atoms with Crippen molar-refractivity contribution in [3.63, 3.8) is 0 Å². The molecule has 1 N–H and O–H groups in total. The number of ether oxygens (including phenoxy) is 1. The highest BCUT2D eigenvalue weighted by atomic mass is 32.2. The molecule has 0 amide bonds. The first-order valence-corrected chi connectivity index (χ1v) is 26.0. The number of phenols is 1. The summed E-state index contributed by atoms with van der Waals surface area (Å²) in [4.78, 5) is 7.37. The summed E-state index contributed by atoms with van der Waals surface area (Å²) in [5.74, 6) is 1.22. The predicted octanol–water partition coefficient (Wildman–Crippen LogP) is 12.2. The Morgan fingerprint density at radius 2 is 0.652 bits per heavy atom. The lowest BCUT2D eigenvalue weighted by Gasteiger charge is -2.21. The molecule has 8 rings (SSSR count). The van der Waals surface area contributed by atoms with E-state index in [1.807, 2.05) is 38.1 Å². The first-order valence-electron chi connectivity index (χ1n) is 20.7. The molecule has 8 aromatic carbocycles. The lowest BCUT2D eigenvalue weighted by atomic mass is 10.2. The summed E-state index contributed by atoms with van der Waals surface area (Å²) < 4.78 is 68.3. The van der Waals surface area contributed by atoms with E-state index >= 15 is 0 Å². The molecule has 0 aliphatic carbocycles. The normalized spacial score (nSPS) is 11.2. The van der Waals surface area contributed by atoms with Crippen LogP contribution in [0.1, 0.15) is 31.9 Å². The van der Waals surface area contributed by atoms with Gasteiger partial charge >= 0.3 is 0 Å². The molecule has 0 saturated carbocycles. The molecule has 340 valence electrons. The highest BCUT2D eigenvalue weighted by Crippen LogP contribution is 2.33. The van der Waals surface area contributed by atoms with Crippen LogP contribution in [0.4, 0.5) is 0 Å². The van der Waals surface area contributed by atoms with E-state index in [1.165, 1.54) is 53.6 Å². The maximum absolute atomic E-state index is 10.4. The molecule has 66 heavy (non-hydrogen) atoms. The van der Waals surface area contributed by atoms with E-state index in [-0.39, 0.29) is 37.2 Å². The van der Waals surface area contributed by atoms with Crippen molar-refractivity contribution in [1.29, 1.82) is 0 Å². The van der Waals surface area contributed by atoms with Gasteiger partial charge in [-0.25, -0.2) is 16.8 Å². The van der Waals surface area contributed by atoms with Crippen LogP contribution in [-0.4, -0.2) is 36.6 Å². The van der Waals surface area contributed by atoms with Crippen LogP contribution in [-0.2, 0) is 42.0 Å². The summed E-state index contributed by atoms with van der Waals surface area (Å²) >= 11 is 0. The molecule has 0 atom stereocenters. The molecule has 0 spiro atoms. The largest absolute Gasteiger partial charge is 0.744 e. The average molecular weight is 957 g/mol. The van der Waals surface area contributed by atoms with E-state index in [0.717, 1.165) is 16.9 Å². The minimum Gasteiger partial charge on any atom is -0.744 e. The Kier molecular flexibility index (Phi) is 18.4. The highest BCUT2D eigenvalue weighted by Gasteiger charge is 2.29. The van der Waals surface area contributed by atoms with Crippen molar-refractivity contribution in [2.75, 3.05) is 0 Å². The van der Waals surface area contributed by atoms with Crippen LogP contribution in [0, 0.1) is 13.8 Å². The van der Waals surface area contributed by atoms with Crippen molar-refractivity contribution in [1.82, 2.24) is 0 Å². The summed E-state index contributed by atoms with van der Waals surface area (Å²) in [5, 5.41) is 9.48. The fraction of sp³-hybridized carbons (Fsp3) is 0.111. The first kappa shape index (κ1) is 50.9. The number of rotatable bonds is 9. The Morgan fingerprint density at radius 3 is 0.909 bits per heavy atom. The fourth-order valence-electron chi connectivity index (χ4n) is 6.03. The molecular weight excluding hydrogens is 905 g/mol. The van der Waals surface area contributed by atoms with E-state index < -0.39 is 20.2 Å². The molecule has 12 heteroatoms. The van der Waals surface area contributed by atoms with E-state index in [2.05, 4.69) is 154 Å². The molecular formula is C54H52O8S4. The summed E-state index contributed by atoms with van der Waals surface area (Å²) in [7, 11) is -8.77. The Morgan fingerprint density at radius 1 is 0.394 bits per heavy atom. The second-order valence-electron chi connectivity index (χ2n) is 15.6. The van der Waals surface area contributed by atoms with Gasteiger partial charge in [-0.05, 0) is 156 Å². The van der Waals surface area contributed by atoms with Gasteiger partial charge in [0.25, 0.3) is 0 Å². The Bertz CT molecular complexity index is 2740. The standard InChI is InChI=1S/C22H23OS.C18H14OS.2C7H8O3S/c1-22(2,3)23-18-14-16-21(17-15-18)24(19-10-6-4-7-11-19)20-12-8-5-9-13-20;19-15-11-13-18(14-12-15)20(16-7-3-1-4-8-16)17-9-5-2-6-10-17;2*1-6-2-4-7(5-3-6)11(8,9)10/h4-17H,1-3H3;1-14H;2*2-5H,1H3,(H,8,9,10)/q+1;;;/p-1. The van der Waals surface area contributed by atoms with Crippen LogP contribution < -0.4 is 4.74 Å². The van der Waals surface area contributed by atoms with Gasteiger partial charge in [-0.15, -0.1) is 0 Å². The zero-order chi connectivity index (χ0) is 47.7. The number of hydrogen-bond donors (Lipinski definition) is 1. The molecule has 0 fully saturated rings. The SMILES string of the molecule is CC(C)(C)Oc1ccc([S+](c2ccccc2)c2ccccc2)cc1.Cc1ccc(S(=O)(=O)[O-])cc1.Cc1ccc(S(=O)(=O)[O-])cc1.Oc1ccc([S+](c2ccccc2)c2ccccc2)cc1. The number of aromatic hydroxyl groups is 1. The quantitative estimate of drug-likeness (QED) is 0.111. The smallest absolute Gasteiger partial charge is 0.166 e. The van der Waals surface area contributed by atoms with E-state index in [0.29, 0.717) is 5.75 Å². The van der Waals surface area contributed by atoms with Crippen LogP contribution in [0.3, 0.4) is 0 Å². The third-order valence-corrected chi connectivity index (χ3v) is 15.3. The lowest BCUT2D eigenvalue weighted by molar-refractivity contribution is 0.131. The van der Waals surface area contributed by atoms with Gasteiger partial charge in [0.15, 0.2) is 29.4 Å². The summed E-state index contributed by atoms with van der Waals surface area (Å²) in [6.45, 7) is 9.85. The van der Waals surface area contributed by atoms with Gasteiger partial charge in [-0.1, -0.05) is 108 Å². The summed E-state index contributed by atoms with van der Waals surface area (Å²) in [6, 6.07) is 69.9. The van der Waals surface area contributed by atoms with Gasteiger partial charge in [-0.2, -0.15) is 0 Å². The Balaban J connectivity index is 0.000000175. The van der Waals surface area contributed by atoms with Gasteiger partial charge in [0, 0.05) is 0 Å². The van der Waals surface area contributed by atoms with Crippen LogP contribution in [0.2, 0.25) is 0 Å². The zero-order valence-corrected chi connectivity index (χ0v) is 40.5. The molecule has 8 nitrogen and oxygen atoms in total. The molecule has 0 aliphatic heterocycles. The second kappa shape index (κ2) is 23.9. The van der Waals surface area contributed by atoms with Crippen molar-refractivity contribution >= 4 is 42.0 Å². The van der Waals surface area contributed by atoms with Crippen molar-refractivity contribution in [3.05, 3.63) is 230 Å². The second-order valence-corrected chi connectivity index (χ2v) is 22.4. The van der Waals surface area contributed by atoms with E-state index in [4.69, 9.17) is 4.74 Å². The van der Waals surface area contributed by atoms with Gasteiger partial charge in [0.1, 0.15) is 37.3 Å². The van der Waals surface area contributed by atoms with Gasteiger partial charge < -0.3 is 18.9 Å². The molecule has 0 unspecified atom stereocenters.